The van der Waals surface area contributed by atoms with Gasteiger partial charge in [0.05, 0.1) is 19.3 Å². The molecule has 1 aliphatic heterocycles. The van der Waals surface area contributed by atoms with Crippen LogP contribution in [0.5, 0.6) is 0 Å². The summed E-state index contributed by atoms with van der Waals surface area (Å²) in [5, 5.41) is 12.9. The average molecular weight is 436 g/mol. The highest BCUT2D eigenvalue weighted by Crippen LogP contribution is 2.36. The molecule has 172 valence electrons. The van der Waals surface area contributed by atoms with Crippen LogP contribution in [0.15, 0.2) is 12.1 Å². The monoisotopic (exact) mass is 435 g/mol. The molecule has 1 aromatic heterocycles. The van der Waals surface area contributed by atoms with Crippen LogP contribution < -0.4 is 5.32 Å². The van der Waals surface area contributed by atoms with E-state index in [4.69, 9.17) is 9.47 Å². The predicted octanol–water partition coefficient (Wildman–Crippen LogP) is 2.52. The van der Waals surface area contributed by atoms with Gasteiger partial charge in [0, 0.05) is 18.7 Å². The zero-order valence-corrected chi connectivity index (χ0v) is 18.6. The van der Waals surface area contributed by atoms with Gasteiger partial charge in [0.1, 0.15) is 17.3 Å². The lowest BCUT2D eigenvalue weighted by Crippen LogP contribution is -2.41. The number of aromatic amines is 1. The maximum absolute atomic E-state index is 13.1. The van der Waals surface area contributed by atoms with Crippen LogP contribution in [0.1, 0.15) is 75.1 Å². The number of esters is 1. The lowest BCUT2D eigenvalue weighted by Gasteiger charge is -2.27. The van der Waals surface area contributed by atoms with Gasteiger partial charge in [-0.3, -0.25) is 4.79 Å². The van der Waals surface area contributed by atoms with E-state index in [1.165, 1.54) is 12.0 Å². The third kappa shape index (κ3) is 5.58. The lowest BCUT2D eigenvalue weighted by molar-refractivity contribution is -0.145. The number of carbonyl (C=O) groups excluding carboxylic acids is 3. The molecule has 31 heavy (non-hydrogen) atoms. The van der Waals surface area contributed by atoms with E-state index in [-0.39, 0.29) is 30.8 Å². The number of nitrogens with zero attached hydrogens (tertiary/aromatic N) is 1. The standard InChI is InChI=1S/C22H33N3O6/c1-22(2,3)31-21(29)24-18(13-7-5-6-8-13)15-9-10-16(23-15)19(27)25-12-14(26)11-17(25)20(28)30-4/h9-10,13-14,17-18,23,26H,5-8,11-12H2,1-4H3,(H,24,29)/t14-,17-,18-/m0/s1. The summed E-state index contributed by atoms with van der Waals surface area (Å²) in [4.78, 5) is 42.0. The number of ether oxygens (including phenoxy) is 2. The molecule has 2 heterocycles. The molecule has 1 saturated carbocycles. The first kappa shape index (κ1) is 23.1. The van der Waals surface area contributed by atoms with E-state index in [1.807, 2.05) is 20.8 Å². The Morgan fingerprint density at radius 2 is 1.90 bits per heavy atom. The number of hydrogen-bond acceptors (Lipinski definition) is 6. The molecule has 1 aliphatic carbocycles. The molecule has 1 aromatic rings. The Morgan fingerprint density at radius 3 is 2.52 bits per heavy atom. The van der Waals surface area contributed by atoms with Crippen molar-refractivity contribution in [2.24, 2.45) is 5.92 Å². The first-order valence-corrected chi connectivity index (χ1v) is 10.8. The molecule has 0 radical (unpaired) electrons. The number of carbonyl (C=O) groups is 3. The Morgan fingerprint density at radius 1 is 1.23 bits per heavy atom. The number of alkyl carbamates (subject to hydrolysis) is 1. The first-order chi connectivity index (χ1) is 14.6. The fraction of sp³-hybridized carbons (Fsp3) is 0.682. The maximum Gasteiger partial charge on any atom is 0.408 e. The van der Waals surface area contributed by atoms with E-state index in [0.717, 1.165) is 31.4 Å². The van der Waals surface area contributed by atoms with Gasteiger partial charge in [-0.25, -0.2) is 9.59 Å². The molecule has 2 amide bonds. The van der Waals surface area contributed by atoms with Crippen molar-refractivity contribution in [3.8, 4) is 0 Å². The Hall–Kier alpha value is -2.55. The average Bonchev–Trinajstić information content (AvgIpc) is 3.44. The predicted molar refractivity (Wildman–Crippen MR) is 112 cm³/mol. The molecule has 0 aromatic carbocycles. The number of H-pyrrole nitrogens is 1. The fourth-order valence-electron chi connectivity index (χ4n) is 4.45. The maximum atomic E-state index is 13.1. The van der Waals surface area contributed by atoms with Crippen LogP contribution in [-0.4, -0.2) is 64.4 Å². The van der Waals surface area contributed by atoms with Gasteiger partial charge < -0.3 is 29.8 Å². The summed E-state index contributed by atoms with van der Waals surface area (Å²) in [6, 6.07) is 2.31. The van der Waals surface area contributed by atoms with Crippen molar-refractivity contribution in [2.45, 2.75) is 76.7 Å². The molecule has 3 N–H and O–H groups in total. The second-order valence-electron chi connectivity index (χ2n) is 9.38. The highest BCUT2D eigenvalue weighted by molar-refractivity contribution is 5.96. The molecule has 0 spiro atoms. The number of β-amino-alcohol motifs (C(OH)–C–C–N with tert-alkyl or cyclic N) is 1. The second-order valence-corrected chi connectivity index (χ2v) is 9.38. The molecular weight excluding hydrogens is 402 g/mol. The van der Waals surface area contributed by atoms with E-state index < -0.39 is 29.8 Å². The van der Waals surface area contributed by atoms with Gasteiger partial charge in [-0.15, -0.1) is 0 Å². The third-order valence-electron chi connectivity index (χ3n) is 5.83. The van der Waals surface area contributed by atoms with Crippen molar-refractivity contribution in [3.05, 3.63) is 23.5 Å². The summed E-state index contributed by atoms with van der Waals surface area (Å²) in [5.74, 6) is -0.696. The Bertz CT molecular complexity index is 808. The van der Waals surface area contributed by atoms with Gasteiger partial charge in [-0.1, -0.05) is 12.8 Å². The molecule has 0 unspecified atom stereocenters. The van der Waals surface area contributed by atoms with Crippen LogP contribution in [0, 0.1) is 5.92 Å². The lowest BCUT2D eigenvalue weighted by atomic mass is 9.95. The Kier molecular flexibility index (Phi) is 6.93. The normalized spacial score (nSPS) is 22.9. The Balaban J connectivity index is 1.78. The first-order valence-electron chi connectivity index (χ1n) is 10.8. The minimum atomic E-state index is -0.815. The molecule has 2 aliphatic rings. The molecule has 3 atom stereocenters. The van der Waals surface area contributed by atoms with E-state index in [1.54, 1.807) is 12.1 Å². The van der Waals surface area contributed by atoms with Crippen molar-refractivity contribution in [3.63, 3.8) is 0 Å². The number of likely N-dealkylation sites (tertiary alicyclic amines) is 1. The van der Waals surface area contributed by atoms with Crippen molar-refractivity contribution in [1.82, 2.24) is 15.2 Å². The van der Waals surface area contributed by atoms with E-state index in [0.29, 0.717) is 5.69 Å². The number of methoxy groups -OCH3 is 1. The minimum Gasteiger partial charge on any atom is -0.467 e. The van der Waals surface area contributed by atoms with Crippen LogP contribution in [-0.2, 0) is 14.3 Å². The zero-order valence-electron chi connectivity index (χ0n) is 18.6. The molecule has 9 nitrogen and oxygen atoms in total. The number of aromatic nitrogens is 1. The van der Waals surface area contributed by atoms with Crippen LogP contribution in [0.2, 0.25) is 0 Å². The highest BCUT2D eigenvalue weighted by Gasteiger charge is 2.40. The summed E-state index contributed by atoms with van der Waals surface area (Å²) < 4.78 is 10.2. The summed E-state index contributed by atoms with van der Waals surface area (Å²) in [6.07, 6.45) is 3.02. The summed E-state index contributed by atoms with van der Waals surface area (Å²) >= 11 is 0. The molecule has 9 heteroatoms. The van der Waals surface area contributed by atoms with Gasteiger partial charge in [-0.05, 0) is 51.7 Å². The zero-order chi connectivity index (χ0) is 22.8. The largest absolute Gasteiger partial charge is 0.467 e. The number of amides is 2. The van der Waals surface area contributed by atoms with Crippen molar-refractivity contribution in [1.29, 1.82) is 0 Å². The van der Waals surface area contributed by atoms with Crippen molar-refractivity contribution < 1.29 is 29.0 Å². The van der Waals surface area contributed by atoms with Gasteiger partial charge in [-0.2, -0.15) is 0 Å². The van der Waals surface area contributed by atoms with Crippen LogP contribution >= 0.6 is 0 Å². The van der Waals surface area contributed by atoms with E-state index in [9.17, 15) is 19.5 Å². The van der Waals surface area contributed by atoms with Gasteiger partial charge in [0.25, 0.3) is 5.91 Å². The number of rotatable bonds is 5. The van der Waals surface area contributed by atoms with E-state index in [2.05, 4.69) is 10.3 Å². The summed E-state index contributed by atoms with van der Waals surface area (Å²) in [6.45, 7) is 5.50. The topological polar surface area (TPSA) is 121 Å². The van der Waals surface area contributed by atoms with Crippen molar-refractivity contribution >= 4 is 18.0 Å². The molecule has 0 bridgehead atoms. The number of aliphatic hydroxyl groups is 1. The summed E-state index contributed by atoms with van der Waals surface area (Å²) in [7, 11) is 1.26. The van der Waals surface area contributed by atoms with Gasteiger partial charge >= 0.3 is 12.1 Å². The molecular formula is C22H33N3O6. The quantitative estimate of drug-likeness (QED) is 0.611. The van der Waals surface area contributed by atoms with Crippen molar-refractivity contribution in [2.75, 3.05) is 13.7 Å². The van der Waals surface area contributed by atoms with Gasteiger partial charge in [0.15, 0.2) is 0 Å². The van der Waals surface area contributed by atoms with Gasteiger partial charge in [0.2, 0.25) is 0 Å². The minimum absolute atomic E-state index is 0.0646. The number of nitrogens with one attached hydrogen (secondary N) is 2. The summed E-state index contributed by atoms with van der Waals surface area (Å²) in [5.41, 5.74) is 0.406. The highest BCUT2D eigenvalue weighted by atomic mass is 16.6. The van der Waals surface area contributed by atoms with Crippen LogP contribution in [0.25, 0.3) is 0 Å². The van der Waals surface area contributed by atoms with Crippen LogP contribution in [0.3, 0.4) is 0 Å². The SMILES string of the molecule is COC(=O)[C@@H]1C[C@H](O)CN1C(=O)c1ccc([C@@H](NC(=O)OC(C)(C)C)C2CCCC2)[nH]1. The smallest absolute Gasteiger partial charge is 0.408 e. The number of aliphatic hydroxyl groups excluding tert-OH is 1. The second kappa shape index (κ2) is 9.30. The van der Waals surface area contributed by atoms with E-state index >= 15 is 0 Å². The molecule has 2 fully saturated rings. The third-order valence-corrected chi connectivity index (χ3v) is 5.83. The molecule has 3 rings (SSSR count). The molecule has 1 saturated heterocycles. The van der Waals surface area contributed by atoms with Crippen LogP contribution in [0.4, 0.5) is 4.79 Å². The fourth-order valence-corrected chi connectivity index (χ4v) is 4.45. The number of hydrogen-bond donors (Lipinski definition) is 3. The Labute approximate surface area is 182 Å².